The summed E-state index contributed by atoms with van der Waals surface area (Å²) in [7, 11) is -1.71. The lowest BCUT2D eigenvalue weighted by atomic mass is 10.0. The van der Waals surface area contributed by atoms with Crippen LogP contribution in [0.5, 0.6) is 0 Å². The monoisotopic (exact) mass is 436 g/mol. The van der Waals surface area contributed by atoms with Crippen LogP contribution in [-0.4, -0.2) is 51.5 Å². The van der Waals surface area contributed by atoms with E-state index >= 15 is 0 Å². The molecule has 2 aromatic rings. The van der Waals surface area contributed by atoms with Gasteiger partial charge in [0.15, 0.2) is 0 Å². The van der Waals surface area contributed by atoms with Crippen LogP contribution in [0.2, 0.25) is 0 Å². The molecule has 30 heavy (non-hydrogen) atoms. The van der Waals surface area contributed by atoms with Crippen molar-refractivity contribution in [2.75, 3.05) is 38.1 Å². The normalized spacial score (nSPS) is 16.4. The highest BCUT2D eigenvalue weighted by Gasteiger charge is 2.23. The molecule has 0 saturated carbocycles. The van der Waals surface area contributed by atoms with E-state index in [4.69, 9.17) is 0 Å². The van der Waals surface area contributed by atoms with Crippen molar-refractivity contribution in [1.29, 1.82) is 0 Å². The average molecular weight is 437 g/mol. The van der Waals surface area contributed by atoms with E-state index in [0.29, 0.717) is 11.1 Å². The molecule has 162 valence electrons. The third kappa shape index (κ3) is 5.53. The lowest BCUT2D eigenvalue weighted by Crippen LogP contribution is -2.45. The minimum absolute atomic E-state index is 0.103. The van der Waals surface area contributed by atoms with Gasteiger partial charge in [0.2, 0.25) is 10.0 Å². The van der Waals surface area contributed by atoms with Crippen molar-refractivity contribution < 1.29 is 17.7 Å². The fourth-order valence-electron chi connectivity index (χ4n) is 3.52. The lowest BCUT2D eigenvalue weighted by Gasteiger charge is -2.36. The van der Waals surface area contributed by atoms with Gasteiger partial charge < -0.3 is 9.80 Å². The van der Waals surface area contributed by atoms with Crippen molar-refractivity contribution in [2.45, 2.75) is 18.7 Å². The summed E-state index contributed by atoms with van der Waals surface area (Å²) >= 11 is 0. The maximum atomic E-state index is 14.0. The Morgan fingerprint density at radius 1 is 1.13 bits per heavy atom. The van der Waals surface area contributed by atoms with E-state index in [1.165, 1.54) is 36.4 Å². The van der Waals surface area contributed by atoms with Crippen LogP contribution < -0.4 is 9.62 Å². The summed E-state index contributed by atoms with van der Waals surface area (Å²) in [5.41, 5.74) is 1.72. The maximum Gasteiger partial charge on any atom is 0.269 e. The van der Waals surface area contributed by atoms with Gasteiger partial charge in [-0.1, -0.05) is 12.1 Å². The molecule has 10 heteroatoms. The zero-order chi connectivity index (χ0) is 21.9. The summed E-state index contributed by atoms with van der Waals surface area (Å²) in [5.74, 6) is -0.751. The molecule has 2 aromatic carbocycles. The number of nitro benzene ring substituents is 1. The Bertz CT molecular complexity index is 1010. The Kier molecular flexibility index (Phi) is 6.69. The van der Waals surface area contributed by atoms with Crippen molar-refractivity contribution in [3.05, 3.63) is 69.5 Å². The summed E-state index contributed by atoms with van der Waals surface area (Å²) in [5, 5.41) is 10.7. The smallest absolute Gasteiger partial charge is 0.269 e. The molecular weight excluding hydrogens is 411 g/mol. The van der Waals surface area contributed by atoms with Gasteiger partial charge in [-0.15, -0.1) is 0 Å². The second kappa shape index (κ2) is 9.07. The highest BCUT2D eigenvalue weighted by Crippen LogP contribution is 2.29. The SMILES string of the molecule is CC(NS(=O)(=O)Cc1ccc([N+](=O)[O-])cc1)c1cc(F)ccc1N1CCN(C)CC1. The van der Waals surface area contributed by atoms with Gasteiger partial charge in [0.1, 0.15) is 5.82 Å². The molecule has 8 nitrogen and oxygen atoms in total. The first-order valence-corrected chi connectivity index (χ1v) is 11.3. The number of sulfonamides is 1. The first-order chi connectivity index (χ1) is 14.1. The number of anilines is 1. The number of nitrogens with one attached hydrogen (secondary N) is 1. The Hall–Kier alpha value is -2.56. The highest BCUT2D eigenvalue weighted by molar-refractivity contribution is 7.88. The number of nitro groups is 1. The predicted molar refractivity (Wildman–Crippen MR) is 113 cm³/mol. The molecule has 1 unspecified atom stereocenters. The molecule has 0 aromatic heterocycles. The number of likely N-dealkylation sites (N-methyl/N-ethyl adjacent to an activating group) is 1. The number of non-ortho nitro benzene ring substituents is 1. The number of hydrogen-bond donors (Lipinski definition) is 1. The van der Waals surface area contributed by atoms with E-state index in [1.807, 2.05) is 7.05 Å². The van der Waals surface area contributed by atoms with Crippen LogP contribution in [0.15, 0.2) is 42.5 Å². The molecule has 3 rings (SSSR count). The van der Waals surface area contributed by atoms with Crippen molar-refractivity contribution >= 4 is 21.4 Å². The number of benzene rings is 2. The van der Waals surface area contributed by atoms with Gasteiger partial charge >= 0.3 is 0 Å². The van der Waals surface area contributed by atoms with Crippen LogP contribution in [-0.2, 0) is 15.8 Å². The predicted octanol–water partition coefficient (Wildman–Crippen LogP) is 2.67. The van der Waals surface area contributed by atoms with Crippen molar-refractivity contribution in [2.24, 2.45) is 0 Å². The second-order valence-electron chi connectivity index (χ2n) is 7.52. The van der Waals surface area contributed by atoms with Crippen LogP contribution in [0.25, 0.3) is 0 Å². The zero-order valence-electron chi connectivity index (χ0n) is 16.9. The van der Waals surface area contributed by atoms with E-state index in [0.717, 1.165) is 31.9 Å². The number of hydrogen-bond acceptors (Lipinski definition) is 6. The summed E-state index contributed by atoms with van der Waals surface area (Å²) in [6.07, 6.45) is 0. The number of halogens is 1. The largest absolute Gasteiger partial charge is 0.369 e. The summed E-state index contributed by atoms with van der Waals surface area (Å²) < 4.78 is 41.9. The average Bonchev–Trinajstić information content (AvgIpc) is 2.68. The molecule has 1 aliphatic heterocycles. The minimum Gasteiger partial charge on any atom is -0.369 e. The Morgan fingerprint density at radius 2 is 1.77 bits per heavy atom. The molecule has 0 spiro atoms. The van der Waals surface area contributed by atoms with Gasteiger partial charge in [-0.3, -0.25) is 10.1 Å². The van der Waals surface area contributed by atoms with Gasteiger partial charge in [0.05, 0.1) is 10.7 Å². The molecule has 0 aliphatic carbocycles. The van der Waals surface area contributed by atoms with E-state index in [2.05, 4.69) is 14.5 Å². The molecule has 0 bridgehead atoms. The Balaban J connectivity index is 1.76. The summed E-state index contributed by atoms with van der Waals surface area (Å²) in [6, 6.07) is 9.18. The van der Waals surface area contributed by atoms with Crippen molar-refractivity contribution in [1.82, 2.24) is 9.62 Å². The van der Waals surface area contributed by atoms with Crippen LogP contribution in [0.3, 0.4) is 0 Å². The van der Waals surface area contributed by atoms with Crippen LogP contribution in [0, 0.1) is 15.9 Å². The topological polar surface area (TPSA) is 95.8 Å². The molecule has 0 radical (unpaired) electrons. The van der Waals surface area contributed by atoms with E-state index in [9.17, 15) is 22.9 Å². The molecule has 0 amide bonds. The van der Waals surface area contributed by atoms with Gasteiger partial charge in [-0.25, -0.2) is 17.5 Å². The Morgan fingerprint density at radius 3 is 2.37 bits per heavy atom. The van der Waals surface area contributed by atoms with E-state index < -0.39 is 26.8 Å². The second-order valence-corrected chi connectivity index (χ2v) is 9.27. The third-order valence-corrected chi connectivity index (χ3v) is 6.59. The third-order valence-electron chi connectivity index (χ3n) is 5.16. The number of rotatable bonds is 7. The fourth-order valence-corrected chi connectivity index (χ4v) is 4.90. The zero-order valence-corrected chi connectivity index (χ0v) is 17.7. The molecule has 1 N–H and O–H groups in total. The number of nitrogens with zero attached hydrogens (tertiary/aromatic N) is 3. The molecular formula is C20H25FN4O4S. The summed E-state index contributed by atoms with van der Waals surface area (Å²) in [4.78, 5) is 14.5. The first-order valence-electron chi connectivity index (χ1n) is 9.61. The standard InChI is InChI=1S/C20H25FN4O4S/c1-15(22-30(28,29)14-16-3-6-18(7-4-16)25(26)27)19-13-17(21)5-8-20(19)24-11-9-23(2)10-12-24/h3-8,13,15,22H,9-12,14H2,1-2H3. The molecule has 1 aliphatic rings. The van der Waals surface area contributed by atoms with Crippen LogP contribution >= 0.6 is 0 Å². The van der Waals surface area contributed by atoms with Crippen molar-refractivity contribution in [3.8, 4) is 0 Å². The van der Waals surface area contributed by atoms with Crippen LogP contribution in [0.4, 0.5) is 15.8 Å². The van der Waals surface area contributed by atoms with Gasteiger partial charge in [0, 0.05) is 50.0 Å². The number of piperazine rings is 1. The molecule has 1 heterocycles. The Labute approximate surface area is 175 Å². The highest BCUT2D eigenvalue weighted by atomic mass is 32.2. The van der Waals surface area contributed by atoms with E-state index in [-0.39, 0.29) is 11.4 Å². The summed E-state index contributed by atoms with van der Waals surface area (Å²) in [6.45, 7) is 4.98. The quantitative estimate of drug-likeness (QED) is 0.530. The molecule has 1 saturated heterocycles. The van der Waals surface area contributed by atoms with E-state index in [1.54, 1.807) is 13.0 Å². The first kappa shape index (κ1) is 22.1. The lowest BCUT2D eigenvalue weighted by molar-refractivity contribution is -0.384. The minimum atomic E-state index is -3.75. The maximum absolute atomic E-state index is 14.0. The van der Waals surface area contributed by atoms with Crippen LogP contribution in [0.1, 0.15) is 24.1 Å². The van der Waals surface area contributed by atoms with Gasteiger partial charge in [-0.2, -0.15) is 0 Å². The molecule has 1 atom stereocenters. The molecule has 1 fully saturated rings. The van der Waals surface area contributed by atoms with Crippen molar-refractivity contribution in [3.63, 3.8) is 0 Å². The fraction of sp³-hybridized carbons (Fsp3) is 0.400. The van der Waals surface area contributed by atoms with Gasteiger partial charge in [0.25, 0.3) is 5.69 Å². The van der Waals surface area contributed by atoms with Gasteiger partial charge in [-0.05, 0) is 43.3 Å².